The van der Waals surface area contributed by atoms with Gasteiger partial charge in [0.1, 0.15) is 0 Å². The lowest BCUT2D eigenvalue weighted by atomic mass is 10.1. The highest BCUT2D eigenvalue weighted by atomic mass is 19.4. The molecule has 1 aliphatic heterocycles. The van der Waals surface area contributed by atoms with Crippen molar-refractivity contribution >= 4 is 11.7 Å². The normalized spacial score (nSPS) is 16.3. The first-order valence-corrected chi connectivity index (χ1v) is 9.45. The minimum Gasteiger partial charge on any atom is -0.379 e. The van der Waals surface area contributed by atoms with Gasteiger partial charge in [0.05, 0.1) is 18.8 Å². The number of carbonyl (C=O) groups excluding carboxylic acids is 1. The number of anilines is 1. The maximum atomic E-state index is 12.8. The van der Waals surface area contributed by atoms with Gasteiger partial charge in [0, 0.05) is 31.4 Å². The lowest BCUT2D eigenvalue weighted by Crippen LogP contribution is -2.38. The van der Waals surface area contributed by atoms with E-state index in [0.29, 0.717) is 11.3 Å². The Hall–Kier alpha value is -2.58. The molecule has 1 fully saturated rings. The Labute approximate surface area is 167 Å². The van der Waals surface area contributed by atoms with Crippen LogP contribution in [0.1, 0.15) is 29.7 Å². The molecule has 2 aromatic carbocycles. The number of nitrogens with zero attached hydrogens (tertiary/aromatic N) is 1. The van der Waals surface area contributed by atoms with Crippen molar-refractivity contribution in [3.05, 3.63) is 65.2 Å². The smallest absolute Gasteiger partial charge is 0.379 e. The van der Waals surface area contributed by atoms with Gasteiger partial charge in [0.2, 0.25) is 0 Å². The summed E-state index contributed by atoms with van der Waals surface area (Å²) in [6.45, 7) is 5.38. The fourth-order valence-electron chi connectivity index (χ4n) is 3.24. The molecule has 1 saturated heterocycles. The number of urea groups is 1. The highest BCUT2D eigenvalue weighted by Gasteiger charge is 2.30. The predicted molar refractivity (Wildman–Crippen MR) is 105 cm³/mol. The number of hydrogen-bond acceptors (Lipinski definition) is 3. The fraction of sp³-hybridized carbons (Fsp3) is 0.381. The summed E-state index contributed by atoms with van der Waals surface area (Å²) in [4.78, 5) is 14.4. The highest BCUT2D eigenvalue weighted by molar-refractivity contribution is 5.89. The van der Waals surface area contributed by atoms with E-state index in [0.717, 1.165) is 44.0 Å². The van der Waals surface area contributed by atoms with Gasteiger partial charge in [-0.3, -0.25) is 4.90 Å². The van der Waals surface area contributed by atoms with Crippen molar-refractivity contribution in [3.63, 3.8) is 0 Å². The van der Waals surface area contributed by atoms with Crippen LogP contribution in [0.5, 0.6) is 0 Å². The number of hydrogen-bond donors (Lipinski definition) is 2. The molecule has 0 aliphatic carbocycles. The molecule has 1 heterocycles. The molecule has 29 heavy (non-hydrogen) atoms. The van der Waals surface area contributed by atoms with Crippen LogP contribution in [0.4, 0.5) is 23.7 Å². The van der Waals surface area contributed by atoms with Crippen molar-refractivity contribution in [3.8, 4) is 0 Å². The van der Waals surface area contributed by atoms with Gasteiger partial charge < -0.3 is 15.4 Å². The van der Waals surface area contributed by atoms with Gasteiger partial charge in [-0.15, -0.1) is 0 Å². The van der Waals surface area contributed by atoms with Crippen molar-refractivity contribution in [2.45, 2.75) is 25.7 Å². The second-order valence-corrected chi connectivity index (χ2v) is 6.95. The van der Waals surface area contributed by atoms with Crippen molar-refractivity contribution in [1.29, 1.82) is 0 Å². The van der Waals surface area contributed by atoms with Gasteiger partial charge >= 0.3 is 12.2 Å². The van der Waals surface area contributed by atoms with E-state index in [1.54, 1.807) is 0 Å². The number of halogens is 3. The maximum Gasteiger partial charge on any atom is 0.416 e. The average Bonchev–Trinajstić information content (AvgIpc) is 2.72. The quantitative estimate of drug-likeness (QED) is 0.772. The molecule has 1 atom stereocenters. The van der Waals surface area contributed by atoms with E-state index in [9.17, 15) is 18.0 Å². The minimum atomic E-state index is -4.40. The number of nitrogens with one attached hydrogen (secondary N) is 2. The summed E-state index contributed by atoms with van der Waals surface area (Å²) in [7, 11) is 0. The van der Waals surface area contributed by atoms with E-state index >= 15 is 0 Å². The van der Waals surface area contributed by atoms with E-state index in [1.165, 1.54) is 12.1 Å². The molecule has 0 spiro atoms. The molecule has 2 N–H and O–H groups in total. The highest BCUT2D eigenvalue weighted by Crippen LogP contribution is 2.29. The van der Waals surface area contributed by atoms with Gasteiger partial charge in [-0.25, -0.2) is 4.79 Å². The second kappa shape index (κ2) is 9.28. The molecule has 1 aliphatic rings. The molecule has 2 aromatic rings. The molecule has 156 valence electrons. The van der Waals surface area contributed by atoms with Crippen molar-refractivity contribution in [2.75, 3.05) is 31.6 Å². The summed E-state index contributed by atoms with van der Waals surface area (Å²) >= 11 is 0. The zero-order valence-electron chi connectivity index (χ0n) is 16.1. The third-order valence-corrected chi connectivity index (χ3v) is 4.95. The first-order valence-electron chi connectivity index (χ1n) is 9.45. The summed E-state index contributed by atoms with van der Waals surface area (Å²) < 4.78 is 43.6. The first-order chi connectivity index (χ1) is 13.8. The summed E-state index contributed by atoms with van der Waals surface area (Å²) in [5.41, 5.74) is 1.40. The van der Waals surface area contributed by atoms with Crippen LogP contribution in [0.2, 0.25) is 0 Å². The summed E-state index contributed by atoms with van der Waals surface area (Å²) in [6, 6.07) is 12.2. The zero-order chi connectivity index (χ0) is 20.9. The third-order valence-electron chi connectivity index (χ3n) is 4.95. The summed E-state index contributed by atoms with van der Waals surface area (Å²) in [6.07, 6.45) is -4.40. The van der Waals surface area contributed by atoms with Crippen LogP contribution in [0.25, 0.3) is 0 Å². The third kappa shape index (κ3) is 5.95. The van der Waals surface area contributed by atoms with Crippen molar-refractivity contribution < 1.29 is 22.7 Å². The molecule has 1 unspecified atom stereocenters. The Morgan fingerprint density at radius 1 is 1.14 bits per heavy atom. The lowest BCUT2D eigenvalue weighted by molar-refractivity contribution is -0.137. The summed E-state index contributed by atoms with van der Waals surface area (Å²) in [5, 5.41) is 5.27. The summed E-state index contributed by atoms with van der Waals surface area (Å²) in [5.74, 6) is 0. The Bertz CT molecular complexity index is 819. The zero-order valence-corrected chi connectivity index (χ0v) is 16.1. The molecule has 2 amide bonds. The Kier molecular flexibility index (Phi) is 6.76. The van der Waals surface area contributed by atoms with Crippen LogP contribution < -0.4 is 10.6 Å². The minimum absolute atomic E-state index is 0.00189. The molecule has 3 rings (SSSR count). The predicted octanol–water partition coefficient (Wildman–Crippen LogP) is 4.42. The number of alkyl halides is 3. The second-order valence-electron chi connectivity index (χ2n) is 6.95. The van der Waals surface area contributed by atoms with Gasteiger partial charge in [-0.1, -0.05) is 24.3 Å². The number of rotatable bonds is 5. The van der Waals surface area contributed by atoms with Crippen molar-refractivity contribution in [2.24, 2.45) is 0 Å². The number of carbonyl (C=O) groups is 1. The molecule has 0 saturated carbocycles. The van der Waals surface area contributed by atoms with Gasteiger partial charge in [-0.2, -0.15) is 13.2 Å². The van der Waals surface area contributed by atoms with Crippen LogP contribution in [0.3, 0.4) is 0 Å². The number of ether oxygens (including phenoxy) is 1. The van der Waals surface area contributed by atoms with Crippen LogP contribution in [-0.4, -0.2) is 37.2 Å². The van der Waals surface area contributed by atoms with E-state index in [-0.39, 0.29) is 12.6 Å². The first kappa shape index (κ1) is 21.1. The standard InChI is InChI=1S/C21H24F3N3O2/c1-15(27-9-11-29-12-10-27)17-5-7-19(8-6-17)26-20(28)25-14-16-3-2-4-18(13-16)21(22,23)24/h2-8,13,15H,9-12,14H2,1H3,(H2,25,26,28). The number of amides is 2. The van der Waals surface area contributed by atoms with E-state index in [4.69, 9.17) is 4.74 Å². The average molecular weight is 407 g/mol. The van der Waals surface area contributed by atoms with Crippen LogP contribution >= 0.6 is 0 Å². The Morgan fingerprint density at radius 2 is 1.83 bits per heavy atom. The monoisotopic (exact) mass is 407 g/mol. The van der Waals surface area contributed by atoms with Crippen molar-refractivity contribution in [1.82, 2.24) is 10.2 Å². The molecular weight excluding hydrogens is 383 g/mol. The van der Waals surface area contributed by atoms with Gasteiger partial charge in [0.25, 0.3) is 0 Å². The Balaban J connectivity index is 1.52. The number of benzene rings is 2. The topological polar surface area (TPSA) is 53.6 Å². The Morgan fingerprint density at radius 3 is 2.48 bits per heavy atom. The van der Waals surface area contributed by atoms with Crippen LogP contribution in [-0.2, 0) is 17.5 Å². The molecule has 8 heteroatoms. The molecule has 0 radical (unpaired) electrons. The fourth-order valence-corrected chi connectivity index (χ4v) is 3.24. The molecule has 0 aromatic heterocycles. The lowest BCUT2D eigenvalue weighted by Gasteiger charge is -2.32. The largest absolute Gasteiger partial charge is 0.416 e. The number of morpholine rings is 1. The molecule has 0 bridgehead atoms. The van der Waals surface area contributed by atoms with E-state index in [1.807, 2.05) is 24.3 Å². The molecular formula is C21H24F3N3O2. The SMILES string of the molecule is CC(c1ccc(NC(=O)NCc2cccc(C(F)(F)F)c2)cc1)N1CCOCC1. The molecule has 5 nitrogen and oxygen atoms in total. The van der Waals surface area contributed by atoms with Crippen LogP contribution in [0, 0.1) is 0 Å². The van der Waals surface area contributed by atoms with E-state index < -0.39 is 17.8 Å². The van der Waals surface area contributed by atoms with Crippen LogP contribution in [0.15, 0.2) is 48.5 Å². The van der Waals surface area contributed by atoms with Gasteiger partial charge in [-0.05, 0) is 42.3 Å². The van der Waals surface area contributed by atoms with Gasteiger partial charge in [0.15, 0.2) is 0 Å². The maximum absolute atomic E-state index is 12.8. The van der Waals surface area contributed by atoms with E-state index in [2.05, 4.69) is 22.5 Å².